The minimum absolute atomic E-state index is 0.0854. The summed E-state index contributed by atoms with van der Waals surface area (Å²) in [4.78, 5) is 23.3. The third kappa shape index (κ3) is 38.3. The van der Waals surface area contributed by atoms with Crippen molar-refractivity contribution in [3.05, 3.63) is 201 Å². The van der Waals surface area contributed by atoms with Gasteiger partial charge in [-0.1, -0.05) is 151 Å². The van der Waals surface area contributed by atoms with Gasteiger partial charge in [-0.3, -0.25) is 43.9 Å². The molecule has 3 N–H and O–H groups in total. The predicted molar refractivity (Wildman–Crippen MR) is 511 cm³/mol. The zero-order valence-corrected chi connectivity index (χ0v) is 82.9. The van der Waals surface area contributed by atoms with Crippen LogP contribution in [0, 0.1) is 5.92 Å². The molecule has 6 saturated heterocycles. The van der Waals surface area contributed by atoms with Gasteiger partial charge < -0.3 is 51.9 Å². The molecule has 9 aromatic heterocycles. The maximum absolute atomic E-state index is 9.12. The number of nitrogens with zero attached hydrogens (tertiary/aromatic N) is 14. The number of aliphatic hydroxyl groups is 1. The highest BCUT2D eigenvalue weighted by atomic mass is 79.9. The Labute approximate surface area is 756 Å². The van der Waals surface area contributed by atoms with Crippen LogP contribution in [-0.4, -0.2) is 238 Å². The fourth-order valence-electron chi connectivity index (χ4n) is 14.4. The number of likely N-dealkylation sites (N-methyl/N-ethyl adjacent to an activating group) is 3. The van der Waals surface area contributed by atoms with Gasteiger partial charge in [0.1, 0.15) is 51.8 Å². The van der Waals surface area contributed by atoms with Gasteiger partial charge in [-0.05, 0) is 207 Å². The summed E-state index contributed by atoms with van der Waals surface area (Å²) in [6.45, 7) is 72.5. The number of H-pyrrole nitrogens is 1. The van der Waals surface area contributed by atoms with Crippen LogP contribution in [0.3, 0.4) is 0 Å². The topological polar surface area (TPSA) is 210 Å². The number of piperazine rings is 3. The van der Waals surface area contributed by atoms with E-state index < -0.39 is 0 Å². The van der Waals surface area contributed by atoms with E-state index in [4.69, 9.17) is 31.9 Å². The first-order chi connectivity index (χ1) is 58.8. The van der Waals surface area contributed by atoms with Gasteiger partial charge in [0.15, 0.2) is 0 Å². The lowest BCUT2D eigenvalue weighted by molar-refractivity contribution is 0.0310. The second-order valence-electron chi connectivity index (χ2n) is 39.8. The van der Waals surface area contributed by atoms with Crippen LogP contribution in [0.15, 0.2) is 143 Å². The highest BCUT2D eigenvalue weighted by Crippen LogP contribution is 2.32. The smallest absolute Gasteiger partial charge is 0.120 e. The van der Waals surface area contributed by atoms with Crippen molar-refractivity contribution in [2.75, 3.05) is 159 Å². The lowest BCUT2D eigenvalue weighted by atomic mass is 9.94. The number of piperidine rings is 2. The molecule has 24 heteroatoms. The van der Waals surface area contributed by atoms with Crippen LogP contribution in [0.4, 0.5) is 0 Å². The molecule has 15 rings (SSSR count). The average molecular weight is 1780 g/mol. The molecule has 0 atom stereocenters. The SMILES string of the molecule is CC(C)(C)c1ccc(CN2CCC(CO)CC2)o1.CC(C)(C)c1ccc(CN2CCOCC2)o1.CC(C)c1cccnc1.CC(C)c1cn[nH]c1.CC(C)c1cnn(C)c1.CC(C)c1cnn(C2CCNCC2)c1.CC(C)c1coc(CN2CCN(C)CC2)c1.CC(C)c1oc(CN2CCN(C)CC2)cc1Br.CN1CCN(Cc2ccc(C(C)(C)C)o2)CC1. The number of ether oxygens (including phenoxy) is 1. The minimum atomic E-state index is 0.0854. The minimum Gasteiger partial charge on any atom is -0.468 e. The summed E-state index contributed by atoms with van der Waals surface area (Å²) >= 11 is 3.57. The molecule has 6 fully saturated rings. The van der Waals surface area contributed by atoms with E-state index in [0.29, 0.717) is 54.1 Å². The number of rotatable bonds is 18. The van der Waals surface area contributed by atoms with Crippen molar-refractivity contribution in [1.82, 2.24) is 79.3 Å². The molecule has 124 heavy (non-hydrogen) atoms. The van der Waals surface area contributed by atoms with Crippen molar-refractivity contribution in [2.45, 2.75) is 262 Å². The third-order valence-corrected chi connectivity index (χ3v) is 24.1. The van der Waals surface area contributed by atoms with E-state index in [1.807, 2.05) is 61.2 Å². The van der Waals surface area contributed by atoms with Gasteiger partial charge in [0, 0.05) is 158 Å². The Morgan fingerprint density at radius 1 is 0.435 bits per heavy atom. The molecule has 15 heterocycles. The summed E-state index contributed by atoms with van der Waals surface area (Å²) in [7, 11) is 8.48. The fraction of sp³-hybridized carbons (Fsp3) is 0.660. The molecular formula is C100H165BrN16O7. The number of aryl methyl sites for hydroxylation is 1. The molecule has 0 aromatic carbocycles. The molecule has 0 radical (unpaired) electrons. The van der Waals surface area contributed by atoms with Crippen LogP contribution >= 0.6 is 15.9 Å². The van der Waals surface area contributed by atoms with Gasteiger partial charge in [-0.25, -0.2) is 0 Å². The Morgan fingerprint density at radius 2 is 0.863 bits per heavy atom. The van der Waals surface area contributed by atoms with E-state index in [0.717, 1.165) is 233 Å². The molecule has 6 aliphatic rings. The lowest BCUT2D eigenvalue weighted by Crippen LogP contribution is -2.43. The van der Waals surface area contributed by atoms with Crippen LogP contribution in [0.2, 0.25) is 0 Å². The summed E-state index contributed by atoms with van der Waals surface area (Å²) in [5.41, 5.74) is 6.83. The van der Waals surface area contributed by atoms with Crippen LogP contribution in [0.1, 0.15) is 292 Å². The van der Waals surface area contributed by atoms with Crippen LogP contribution < -0.4 is 5.32 Å². The molecule has 0 amide bonds. The number of nitrogens with one attached hydrogen (secondary N) is 2. The molecule has 23 nitrogen and oxygen atoms in total. The summed E-state index contributed by atoms with van der Waals surface area (Å²) in [5, 5.41) is 27.6. The fourth-order valence-corrected chi connectivity index (χ4v) is 15.2. The Hall–Kier alpha value is -6.78. The Kier molecular flexibility index (Phi) is 44.3. The number of likely N-dealkylation sites (tertiary alicyclic amines) is 1. The Bertz CT molecular complexity index is 4230. The molecule has 0 saturated carbocycles. The maximum atomic E-state index is 9.12. The van der Waals surface area contributed by atoms with E-state index in [-0.39, 0.29) is 16.2 Å². The molecule has 0 unspecified atom stereocenters. The monoisotopic (exact) mass is 1780 g/mol. The first-order valence-corrected chi connectivity index (χ1v) is 47.2. The van der Waals surface area contributed by atoms with Crippen LogP contribution in [0.25, 0.3) is 0 Å². The zero-order valence-electron chi connectivity index (χ0n) is 81.3. The number of aromatic amines is 1. The van der Waals surface area contributed by atoms with Gasteiger partial charge >= 0.3 is 0 Å². The molecule has 0 spiro atoms. The van der Waals surface area contributed by atoms with E-state index in [1.165, 1.54) is 40.7 Å². The second kappa shape index (κ2) is 52.6. The number of pyridine rings is 1. The van der Waals surface area contributed by atoms with E-state index in [2.05, 4.69) is 318 Å². The molecule has 694 valence electrons. The molecule has 9 aromatic rings. The first kappa shape index (κ1) is 104. The second-order valence-corrected chi connectivity index (χ2v) is 40.6. The van der Waals surface area contributed by atoms with Crippen molar-refractivity contribution in [3.8, 4) is 0 Å². The summed E-state index contributed by atoms with van der Waals surface area (Å²) in [6, 6.07) is 21.6. The number of hydrogen-bond donors (Lipinski definition) is 3. The van der Waals surface area contributed by atoms with Gasteiger partial charge in [0.25, 0.3) is 0 Å². The number of aromatic nitrogens is 7. The van der Waals surface area contributed by atoms with E-state index in [9.17, 15) is 0 Å². The van der Waals surface area contributed by atoms with Gasteiger partial charge in [0.05, 0.1) is 81.3 Å². The number of hydrogen-bond acceptors (Lipinski definition) is 20. The third-order valence-electron chi connectivity index (χ3n) is 23.5. The van der Waals surface area contributed by atoms with Crippen molar-refractivity contribution in [1.29, 1.82) is 0 Å². The van der Waals surface area contributed by atoms with Crippen molar-refractivity contribution < 1.29 is 31.9 Å². The standard InChI is InChI=1S/C15H25NO2.C14H24N2O.C13H21BrN2O.C13H22N2O.C13H21NO2.C11H19N3.C8H11N.C7H12N2.C6H10N2/c1-15(2,3)14-5-4-13(18-14)10-16-8-6-12(11-17)7-9-16;1-14(2,3)13-6-5-12(17-13)11-16-9-7-15(4)8-10-16;1-10(2)13-12(14)8-11(17-13)9-16-6-4-15(3)5-7-16;1-11(2)12-8-13(16-10-12)9-15-6-4-14(3)5-7-15;1-13(2,3)12-5-4-11(16-12)10-14-6-8-15-9-7-14;1-9(2)10-7-13-14(8-10)11-3-5-12-6-4-11;1-7(2)8-4-3-5-9-6-8;1-6(2)7-4-8-9(3)5-7;1-5(2)6-3-7-8-4-6/h4-5,12,17H,6-11H2,1-3H3;5-6H,7-11H2,1-4H3;8,10H,4-7,9H2,1-3H3;8,10-11H,4-7,9H2,1-3H3;4-5H,6-10H2,1-3H3;7-9,11-12H,3-6H2,1-2H3;3-7H,1-2H3;4-6H,1-3H3;3-5H,1-2H3,(H,7,8). The number of halogens is 1. The Morgan fingerprint density at radius 3 is 1.20 bits per heavy atom. The quantitative estimate of drug-likeness (QED) is 0.0729. The van der Waals surface area contributed by atoms with Crippen LogP contribution in [-0.2, 0) is 60.8 Å². The Balaban J connectivity index is 0.000000194. The largest absolute Gasteiger partial charge is 0.468 e. The summed E-state index contributed by atoms with van der Waals surface area (Å²) < 4.78 is 39.6. The van der Waals surface area contributed by atoms with Gasteiger partial charge in [0.2, 0.25) is 0 Å². The highest BCUT2D eigenvalue weighted by Gasteiger charge is 2.26. The number of morpholine rings is 1. The maximum Gasteiger partial charge on any atom is 0.120 e. The van der Waals surface area contributed by atoms with E-state index in [1.54, 1.807) is 6.20 Å². The molecular weight excluding hydrogens is 1620 g/mol. The van der Waals surface area contributed by atoms with Crippen molar-refractivity contribution >= 4 is 15.9 Å². The van der Waals surface area contributed by atoms with Crippen molar-refractivity contribution in [3.63, 3.8) is 0 Å². The number of aliphatic hydroxyl groups excluding tert-OH is 1. The van der Waals surface area contributed by atoms with Gasteiger partial charge in [-0.2, -0.15) is 15.3 Å². The van der Waals surface area contributed by atoms with Gasteiger partial charge in [-0.15, -0.1) is 0 Å². The molecule has 0 bridgehead atoms. The summed E-state index contributed by atoms with van der Waals surface area (Å²) in [6.07, 6.45) is 22.2. The predicted octanol–water partition coefficient (Wildman–Crippen LogP) is 19.8. The molecule has 0 aliphatic carbocycles. The number of furan rings is 5. The zero-order chi connectivity index (χ0) is 90.7. The molecule has 6 aliphatic heterocycles. The average Bonchev–Trinajstić information content (AvgIpc) is 1.67. The normalized spacial score (nSPS) is 17.4. The highest BCUT2D eigenvalue weighted by molar-refractivity contribution is 9.10. The van der Waals surface area contributed by atoms with Crippen molar-refractivity contribution in [2.24, 2.45) is 13.0 Å². The van der Waals surface area contributed by atoms with Crippen LogP contribution in [0.5, 0.6) is 0 Å². The first-order valence-electron chi connectivity index (χ1n) is 46.4. The lowest BCUT2D eigenvalue weighted by Gasteiger charge is -2.31. The summed E-state index contributed by atoms with van der Waals surface area (Å²) in [5.74, 6) is 13.5. The van der Waals surface area contributed by atoms with E-state index >= 15 is 0 Å².